The van der Waals surface area contributed by atoms with Crippen molar-refractivity contribution in [3.63, 3.8) is 0 Å². The van der Waals surface area contributed by atoms with E-state index in [2.05, 4.69) is 21.0 Å². The van der Waals surface area contributed by atoms with Crippen LogP contribution in [-0.4, -0.2) is 22.7 Å². The standard InChI is InChI=1S/C12H12BrN3OS/c1-15(11-5-6-14-16(11)2)12(17)4-3-10-7-9(13)8-18-10/h3-8H,1-2H3. The Hall–Kier alpha value is -1.40. The Morgan fingerprint density at radius 1 is 1.61 bits per heavy atom. The van der Waals surface area contributed by atoms with Gasteiger partial charge < -0.3 is 0 Å². The minimum absolute atomic E-state index is 0.0804. The Morgan fingerprint density at radius 3 is 2.94 bits per heavy atom. The van der Waals surface area contributed by atoms with Crippen molar-refractivity contribution >= 4 is 45.1 Å². The lowest BCUT2D eigenvalue weighted by molar-refractivity contribution is -0.113. The second-order valence-electron chi connectivity index (χ2n) is 3.71. The van der Waals surface area contributed by atoms with E-state index in [4.69, 9.17) is 0 Å². The van der Waals surface area contributed by atoms with Gasteiger partial charge in [-0.05, 0) is 28.1 Å². The maximum atomic E-state index is 12.0. The number of halogens is 1. The number of hydrogen-bond donors (Lipinski definition) is 0. The monoisotopic (exact) mass is 325 g/mol. The number of carbonyl (C=O) groups is 1. The smallest absolute Gasteiger partial charge is 0.251 e. The van der Waals surface area contributed by atoms with Crippen molar-refractivity contribution in [2.75, 3.05) is 11.9 Å². The van der Waals surface area contributed by atoms with Crippen LogP contribution < -0.4 is 4.90 Å². The van der Waals surface area contributed by atoms with E-state index in [0.717, 1.165) is 15.2 Å². The molecule has 18 heavy (non-hydrogen) atoms. The largest absolute Gasteiger partial charge is 0.297 e. The third kappa shape index (κ3) is 2.88. The number of carbonyl (C=O) groups excluding carboxylic acids is 1. The summed E-state index contributed by atoms with van der Waals surface area (Å²) in [4.78, 5) is 14.6. The van der Waals surface area contributed by atoms with Crippen LogP contribution in [0.25, 0.3) is 6.08 Å². The molecule has 0 spiro atoms. The highest BCUT2D eigenvalue weighted by Crippen LogP contribution is 2.21. The summed E-state index contributed by atoms with van der Waals surface area (Å²) in [6.45, 7) is 0. The molecule has 0 fully saturated rings. The van der Waals surface area contributed by atoms with Gasteiger partial charge in [0.2, 0.25) is 0 Å². The van der Waals surface area contributed by atoms with Gasteiger partial charge in [-0.3, -0.25) is 14.4 Å². The second-order valence-corrected chi connectivity index (χ2v) is 5.57. The summed E-state index contributed by atoms with van der Waals surface area (Å²) in [6.07, 6.45) is 5.04. The number of nitrogens with zero attached hydrogens (tertiary/aromatic N) is 3. The molecule has 0 unspecified atom stereocenters. The first kappa shape index (κ1) is 13.0. The molecular weight excluding hydrogens is 314 g/mol. The molecule has 4 nitrogen and oxygen atoms in total. The molecule has 0 aliphatic heterocycles. The van der Waals surface area contributed by atoms with Gasteiger partial charge in [-0.1, -0.05) is 0 Å². The van der Waals surface area contributed by atoms with E-state index >= 15 is 0 Å². The van der Waals surface area contributed by atoms with Crippen molar-refractivity contribution in [1.29, 1.82) is 0 Å². The summed E-state index contributed by atoms with van der Waals surface area (Å²) in [5.74, 6) is 0.681. The molecule has 0 atom stereocenters. The number of aromatic nitrogens is 2. The van der Waals surface area contributed by atoms with Gasteiger partial charge in [0.05, 0.1) is 6.20 Å². The molecule has 2 heterocycles. The van der Waals surface area contributed by atoms with Crippen molar-refractivity contribution < 1.29 is 4.79 Å². The molecule has 94 valence electrons. The van der Waals surface area contributed by atoms with Crippen molar-refractivity contribution in [3.05, 3.63) is 39.1 Å². The lowest BCUT2D eigenvalue weighted by Gasteiger charge is -2.14. The van der Waals surface area contributed by atoms with Crippen LogP contribution in [0.4, 0.5) is 5.82 Å². The zero-order valence-corrected chi connectivity index (χ0v) is 12.4. The predicted octanol–water partition coefficient (Wildman–Crippen LogP) is 2.92. The van der Waals surface area contributed by atoms with Gasteiger partial charge in [-0.2, -0.15) is 5.10 Å². The van der Waals surface area contributed by atoms with Crippen LogP contribution in [0, 0.1) is 0 Å². The number of rotatable bonds is 3. The zero-order valence-electron chi connectivity index (χ0n) is 10.0. The molecule has 0 N–H and O–H groups in total. The van der Waals surface area contributed by atoms with E-state index in [9.17, 15) is 4.79 Å². The average molecular weight is 326 g/mol. The summed E-state index contributed by atoms with van der Waals surface area (Å²) >= 11 is 4.96. The highest BCUT2D eigenvalue weighted by Gasteiger charge is 2.10. The minimum atomic E-state index is -0.0804. The Kier molecular flexibility index (Phi) is 3.98. The van der Waals surface area contributed by atoms with E-state index < -0.39 is 0 Å². The van der Waals surface area contributed by atoms with E-state index in [1.165, 1.54) is 0 Å². The fourth-order valence-corrected chi connectivity index (χ4v) is 2.83. The summed E-state index contributed by atoms with van der Waals surface area (Å²) < 4.78 is 2.69. The van der Waals surface area contributed by atoms with Crippen molar-refractivity contribution in [2.24, 2.45) is 7.05 Å². The summed E-state index contributed by atoms with van der Waals surface area (Å²) in [6, 6.07) is 3.77. The fourth-order valence-electron chi connectivity index (χ4n) is 1.49. The van der Waals surface area contributed by atoms with Crippen LogP contribution in [0.3, 0.4) is 0 Å². The van der Waals surface area contributed by atoms with E-state index in [-0.39, 0.29) is 5.91 Å². The number of hydrogen-bond acceptors (Lipinski definition) is 3. The first-order valence-electron chi connectivity index (χ1n) is 5.26. The van der Waals surface area contributed by atoms with Crippen LogP contribution in [-0.2, 0) is 11.8 Å². The Bertz CT molecular complexity index is 588. The quantitative estimate of drug-likeness (QED) is 0.814. The van der Waals surface area contributed by atoms with Gasteiger partial charge >= 0.3 is 0 Å². The summed E-state index contributed by atoms with van der Waals surface area (Å²) in [7, 11) is 3.53. The molecule has 2 rings (SSSR count). The van der Waals surface area contributed by atoms with Crippen molar-refractivity contribution in [2.45, 2.75) is 0 Å². The Labute approximate surface area is 118 Å². The van der Waals surface area contributed by atoms with Gasteiger partial charge in [0, 0.05) is 41.0 Å². The van der Waals surface area contributed by atoms with Gasteiger partial charge in [0.25, 0.3) is 5.91 Å². The molecule has 0 radical (unpaired) electrons. The van der Waals surface area contributed by atoms with Crippen LogP contribution in [0.1, 0.15) is 4.88 Å². The van der Waals surface area contributed by atoms with Gasteiger partial charge in [-0.25, -0.2) is 0 Å². The lowest BCUT2D eigenvalue weighted by atomic mass is 10.4. The molecule has 0 saturated carbocycles. The molecule has 0 aliphatic carbocycles. The van der Waals surface area contributed by atoms with E-state index in [0.29, 0.717) is 0 Å². The van der Waals surface area contributed by atoms with Crippen LogP contribution in [0.2, 0.25) is 0 Å². The molecule has 2 aromatic rings. The highest BCUT2D eigenvalue weighted by molar-refractivity contribution is 9.10. The maximum Gasteiger partial charge on any atom is 0.251 e. The van der Waals surface area contributed by atoms with Crippen molar-refractivity contribution in [1.82, 2.24) is 9.78 Å². The Morgan fingerprint density at radius 2 is 2.39 bits per heavy atom. The molecule has 2 aromatic heterocycles. The molecule has 6 heteroatoms. The molecule has 1 amide bonds. The molecular formula is C12H12BrN3OS. The third-order valence-corrected chi connectivity index (χ3v) is 4.11. The number of amides is 1. The van der Waals surface area contributed by atoms with Gasteiger partial charge in [-0.15, -0.1) is 11.3 Å². The van der Waals surface area contributed by atoms with Crippen LogP contribution >= 0.6 is 27.3 Å². The molecule has 0 saturated heterocycles. The van der Waals surface area contributed by atoms with E-state index in [1.54, 1.807) is 53.4 Å². The third-order valence-electron chi connectivity index (χ3n) is 2.45. The van der Waals surface area contributed by atoms with Gasteiger partial charge in [0.1, 0.15) is 5.82 Å². The average Bonchev–Trinajstić information content (AvgIpc) is 2.94. The number of likely N-dealkylation sites (N-methyl/N-ethyl adjacent to an activating group) is 1. The predicted molar refractivity (Wildman–Crippen MR) is 77.7 cm³/mol. The normalized spacial score (nSPS) is 11.1. The molecule has 0 bridgehead atoms. The number of anilines is 1. The minimum Gasteiger partial charge on any atom is -0.297 e. The van der Waals surface area contributed by atoms with Crippen LogP contribution in [0.15, 0.2) is 34.3 Å². The topological polar surface area (TPSA) is 38.1 Å². The summed E-state index contributed by atoms with van der Waals surface area (Å²) in [5.41, 5.74) is 0. The lowest BCUT2D eigenvalue weighted by Crippen LogP contribution is -2.26. The second kappa shape index (κ2) is 5.49. The highest BCUT2D eigenvalue weighted by atomic mass is 79.9. The van der Waals surface area contributed by atoms with Gasteiger partial charge in [0.15, 0.2) is 0 Å². The number of thiophene rings is 1. The molecule has 0 aliphatic rings. The zero-order chi connectivity index (χ0) is 13.1. The maximum absolute atomic E-state index is 12.0. The van der Waals surface area contributed by atoms with Crippen LogP contribution in [0.5, 0.6) is 0 Å². The van der Waals surface area contributed by atoms with E-state index in [1.807, 2.05) is 17.5 Å². The first-order chi connectivity index (χ1) is 8.58. The fraction of sp³-hybridized carbons (Fsp3) is 0.167. The molecule has 0 aromatic carbocycles. The number of aryl methyl sites for hydroxylation is 1. The Balaban J connectivity index is 2.08. The van der Waals surface area contributed by atoms with Crippen molar-refractivity contribution in [3.8, 4) is 0 Å². The SMILES string of the molecule is CN(C(=O)C=Cc1cc(Br)cs1)c1ccnn1C. The first-order valence-corrected chi connectivity index (χ1v) is 6.93. The summed E-state index contributed by atoms with van der Waals surface area (Å²) in [5, 5.41) is 6.02.